The lowest BCUT2D eigenvalue weighted by Gasteiger charge is -2.24. The second-order valence-corrected chi connectivity index (χ2v) is 30.8. The number of rotatable bonds is 9. The highest BCUT2D eigenvalue weighted by Crippen LogP contribution is 2.61. The molecule has 0 saturated heterocycles. The van der Waals surface area contributed by atoms with Crippen LogP contribution in [0.2, 0.25) is 0 Å². The molecule has 4 aliphatic rings. The molecule has 0 nitrogen and oxygen atoms in total. The predicted octanol–water partition coefficient (Wildman–Crippen LogP) is 29.2. The van der Waals surface area contributed by atoms with E-state index in [0.29, 0.717) is 0 Å². The van der Waals surface area contributed by atoms with E-state index in [9.17, 15) is 0 Å². The molecule has 0 fully saturated rings. The summed E-state index contributed by atoms with van der Waals surface area (Å²) in [6.07, 6.45) is 0. The van der Waals surface area contributed by atoms with Gasteiger partial charge in [-0.05, 0) is 257 Å². The van der Waals surface area contributed by atoms with E-state index in [1.807, 2.05) is 0 Å². The fourth-order valence-corrected chi connectivity index (χ4v) is 19.4. The van der Waals surface area contributed by atoms with Crippen LogP contribution in [-0.4, -0.2) is 0 Å². The van der Waals surface area contributed by atoms with Crippen LogP contribution in [-0.2, 0) is 10.8 Å². The summed E-state index contributed by atoms with van der Waals surface area (Å²) in [5.74, 6) is 0. The minimum Gasteiger partial charge on any atom is -0.0622 e. The van der Waals surface area contributed by atoms with Gasteiger partial charge >= 0.3 is 0 Å². The lowest BCUT2D eigenvalue weighted by Crippen LogP contribution is -2.15. The third-order valence-electron chi connectivity index (χ3n) is 24.6. The van der Waals surface area contributed by atoms with Gasteiger partial charge in [-0.25, -0.2) is 0 Å². The highest BCUT2D eigenvalue weighted by Gasteiger charge is 2.39. The van der Waals surface area contributed by atoms with Crippen molar-refractivity contribution >= 4 is 43.1 Å². The SMILES string of the molecule is CC1(C)c2cc(-c3ccc(-c4ccc(-c5ccc(-c6c7c(c(-c8ccccc8)c8ccccc68)-c6cccc8cccc-7c68)cc5)cc4)cc3)ccc2-c2ccc(-c3ccc4c(c3)C(C)(C)c3cc(-c5ccc(-c6c7c(c(-c8ccccc8)c8ccccc68)-c6cccc8cccc-7c68)cc5)ccc3-4)cc21. The van der Waals surface area contributed by atoms with E-state index in [1.165, 1.54) is 232 Å². The molecule has 0 heterocycles. The standard InChI is InChI=1S/C106H70/c1-105(2)91-59-75(67-41-39-65(40-42-67)63-35-37-64(38-36-63)66-43-47-73(48-44-66)99-85-29-13-11-27-83(85)97(71-19-7-5-8-20-71)101-87-31-15-23-69-25-17-33-89(95(69)87)103(99)101)51-55-79(91)81-57-53-77(61-93(81)105)78-54-58-82-80-56-52-76(60-92(80)106(3,4)94(82)62-78)68-45-49-74(50-46-68)100-86-30-14-12-28-84(86)98(72-21-9-6-10-22-72)102-88-32-16-24-70-26-18-34-90(96(70)88)104(100)102/h5-62H,1-4H3. The van der Waals surface area contributed by atoms with Gasteiger partial charge in [0.1, 0.15) is 0 Å². The molecule has 106 heavy (non-hydrogen) atoms. The maximum Gasteiger partial charge on any atom is 0.0159 e. The van der Waals surface area contributed by atoms with E-state index in [-0.39, 0.29) is 10.8 Å². The van der Waals surface area contributed by atoms with Crippen molar-refractivity contribution in [1.29, 1.82) is 0 Å². The summed E-state index contributed by atoms with van der Waals surface area (Å²) in [5.41, 5.74) is 43.4. The molecule has 4 aliphatic carbocycles. The zero-order valence-electron chi connectivity index (χ0n) is 59.5. The summed E-state index contributed by atoms with van der Waals surface area (Å²) in [5, 5.41) is 10.4. The minimum atomic E-state index is -0.200. The summed E-state index contributed by atoms with van der Waals surface area (Å²) < 4.78 is 0. The lowest BCUT2D eigenvalue weighted by molar-refractivity contribution is 0.660. The van der Waals surface area contributed by atoms with Crippen LogP contribution in [0.3, 0.4) is 0 Å². The van der Waals surface area contributed by atoms with Gasteiger partial charge in [-0.15, -0.1) is 0 Å². The Labute approximate surface area is 618 Å². The van der Waals surface area contributed by atoms with Crippen molar-refractivity contribution in [3.63, 3.8) is 0 Å². The molecule has 0 amide bonds. The Morgan fingerprint density at radius 2 is 0.358 bits per heavy atom. The van der Waals surface area contributed by atoms with Crippen LogP contribution < -0.4 is 0 Å². The van der Waals surface area contributed by atoms with E-state index >= 15 is 0 Å². The van der Waals surface area contributed by atoms with Gasteiger partial charge in [0.2, 0.25) is 0 Å². The summed E-state index contributed by atoms with van der Waals surface area (Å²) in [6, 6.07) is 133. The molecule has 0 aliphatic heterocycles. The molecular weight excluding hydrogens is 1270 g/mol. The zero-order chi connectivity index (χ0) is 70.3. The quantitative estimate of drug-likeness (QED) is 0.135. The van der Waals surface area contributed by atoms with Crippen LogP contribution in [0.15, 0.2) is 352 Å². The first kappa shape index (κ1) is 60.6. The topological polar surface area (TPSA) is 0 Å². The first-order valence-corrected chi connectivity index (χ1v) is 37.4. The van der Waals surface area contributed by atoms with Crippen molar-refractivity contribution in [2.24, 2.45) is 0 Å². The largest absolute Gasteiger partial charge is 0.0622 e. The maximum absolute atomic E-state index is 2.48. The van der Waals surface area contributed by atoms with Crippen LogP contribution in [0.4, 0.5) is 0 Å². The Hall–Kier alpha value is -13.0. The van der Waals surface area contributed by atoms with Gasteiger partial charge in [-0.3, -0.25) is 0 Å². The van der Waals surface area contributed by atoms with E-state index in [0.717, 1.165) is 0 Å². The van der Waals surface area contributed by atoms with Gasteiger partial charge in [0.05, 0.1) is 0 Å². The molecule has 18 aromatic rings. The molecule has 0 spiro atoms. The first-order valence-electron chi connectivity index (χ1n) is 37.4. The first-order chi connectivity index (χ1) is 52.1. The molecule has 0 heteroatoms. The van der Waals surface area contributed by atoms with Crippen LogP contribution in [0.1, 0.15) is 49.9 Å². The maximum atomic E-state index is 2.48. The molecular formula is C106H70. The summed E-state index contributed by atoms with van der Waals surface area (Å²) in [6.45, 7) is 9.65. The Bertz CT molecular complexity index is 6770. The monoisotopic (exact) mass is 1340 g/mol. The van der Waals surface area contributed by atoms with Crippen LogP contribution in [0.5, 0.6) is 0 Å². The molecule has 0 radical (unpaired) electrons. The van der Waals surface area contributed by atoms with Gasteiger partial charge < -0.3 is 0 Å². The Morgan fingerprint density at radius 1 is 0.151 bits per heavy atom. The van der Waals surface area contributed by atoms with Gasteiger partial charge in [0, 0.05) is 10.8 Å². The molecule has 494 valence electrons. The molecule has 0 atom stereocenters. The lowest BCUT2D eigenvalue weighted by atomic mass is 9.79. The average molecular weight is 1340 g/mol. The highest BCUT2D eigenvalue weighted by molar-refractivity contribution is 6.29. The number of benzene rings is 18. The van der Waals surface area contributed by atoms with Crippen molar-refractivity contribution in [2.75, 3.05) is 0 Å². The zero-order valence-corrected chi connectivity index (χ0v) is 59.5. The molecule has 0 saturated carbocycles. The molecule has 0 aromatic heterocycles. The van der Waals surface area contributed by atoms with Gasteiger partial charge in [0.15, 0.2) is 0 Å². The van der Waals surface area contributed by atoms with Crippen LogP contribution >= 0.6 is 0 Å². The molecule has 0 N–H and O–H groups in total. The Morgan fingerprint density at radius 3 is 0.623 bits per heavy atom. The fourth-order valence-electron chi connectivity index (χ4n) is 19.4. The second kappa shape index (κ2) is 22.7. The summed E-state index contributed by atoms with van der Waals surface area (Å²) in [7, 11) is 0. The van der Waals surface area contributed by atoms with Crippen molar-refractivity contribution in [2.45, 2.75) is 38.5 Å². The summed E-state index contributed by atoms with van der Waals surface area (Å²) >= 11 is 0. The van der Waals surface area contributed by atoms with Crippen LogP contribution in [0, 0.1) is 0 Å². The summed E-state index contributed by atoms with van der Waals surface area (Å²) in [4.78, 5) is 0. The van der Waals surface area contributed by atoms with Gasteiger partial charge in [-0.2, -0.15) is 0 Å². The normalized spacial score (nSPS) is 13.4. The van der Waals surface area contributed by atoms with E-state index in [1.54, 1.807) is 0 Å². The molecule has 18 aromatic carbocycles. The number of fused-ring (bicyclic) bond motifs is 14. The fraction of sp³-hybridized carbons (Fsp3) is 0.0566. The molecule has 0 bridgehead atoms. The van der Waals surface area contributed by atoms with Crippen molar-refractivity contribution in [3.05, 3.63) is 374 Å². The third kappa shape index (κ3) is 8.83. The number of hydrogen-bond acceptors (Lipinski definition) is 0. The molecule has 22 rings (SSSR count). The minimum absolute atomic E-state index is 0.189. The van der Waals surface area contributed by atoms with Gasteiger partial charge in [0.25, 0.3) is 0 Å². The van der Waals surface area contributed by atoms with Gasteiger partial charge in [-0.1, -0.05) is 355 Å². The van der Waals surface area contributed by atoms with Crippen molar-refractivity contribution in [1.82, 2.24) is 0 Å². The van der Waals surface area contributed by atoms with E-state index in [2.05, 4.69) is 380 Å². The van der Waals surface area contributed by atoms with E-state index < -0.39 is 0 Å². The highest BCUT2D eigenvalue weighted by atomic mass is 14.4. The Balaban J connectivity index is 0.516. The third-order valence-corrected chi connectivity index (χ3v) is 24.6. The van der Waals surface area contributed by atoms with Crippen molar-refractivity contribution < 1.29 is 0 Å². The number of hydrogen-bond donors (Lipinski definition) is 0. The van der Waals surface area contributed by atoms with E-state index in [4.69, 9.17) is 0 Å². The van der Waals surface area contributed by atoms with Crippen molar-refractivity contribution in [3.8, 4) is 167 Å². The smallest absolute Gasteiger partial charge is 0.0159 e. The predicted molar refractivity (Wildman–Crippen MR) is 449 cm³/mol. The molecule has 0 unspecified atom stereocenters. The average Bonchev–Trinajstić information content (AvgIpc) is 1.52. The Kier molecular flexibility index (Phi) is 13.0. The second-order valence-electron chi connectivity index (χ2n) is 30.8. The van der Waals surface area contributed by atoms with Crippen LogP contribution in [0.25, 0.3) is 210 Å².